The van der Waals surface area contributed by atoms with Crippen molar-refractivity contribution in [1.82, 2.24) is 4.90 Å². The van der Waals surface area contributed by atoms with Crippen molar-refractivity contribution in [2.24, 2.45) is 0 Å². The van der Waals surface area contributed by atoms with E-state index in [-0.39, 0.29) is 24.3 Å². The number of imide groups is 1. The van der Waals surface area contributed by atoms with Gasteiger partial charge in [-0.2, -0.15) is 0 Å². The van der Waals surface area contributed by atoms with Gasteiger partial charge >= 0.3 is 0 Å². The number of hydrogen-bond donors (Lipinski definition) is 1. The van der Waals surface area contributed by atoms with Gasteiger partial charge in [0.2, 0.25) is 5.91 Å². The number of anilines is 1. The SMILES string of the molecule is CC(C)N1C(=O)CC(Nc2ccc3ccccc3c2)C1=O. The number of nitrogens with zero attached hydrogens (tertiary/aromatic N) is 1. The van der Waals surface area contributed by atoms with E-state index in [0.717, 1.165) is 16.5 Å². The second-order valence-electron chi connectivity index (χ2n) is 5.66. The Morgan fingerprint density at radius 3 is 2.48 bits per heavy atom. The quantitative estimate of drug-likeness (QED) is 0.881. The monoisotopic (exact) mass is 282 g/mol. The Balaban J connectivity index is 1.82. The first-order valence-corrected chi connectivity index (χ1v) is 7.17. The molecular weight excluding hydrogens is 264 g/mol. The normalized spacial score (nSPS) is 18.8. The number of fused-ring (bicyclic) bond motifs is 1. The zero-order valence-corrected chi connectivity index (χ0v) is 12.2. The average molecular weight is 282 g/mol. The zero-order chi connectivity index (χ0) is 15.0. The average Bonchev–Trinajstić information content (AvgIpc) is 2.73. The zero-order valence-electron chi connectivity index (χ0n) is 12.2. The summed E-state index contributed by atoms with van der Waals surface area (Å²) in [6, 6.07) is 13.5. The van der Waals surface area contributed by atoms with Crippen molar-refractivity contribution in [2.75, 3.05) is 5.32 Å². The second-order valence-corrected chi connectivity index (χ2v) is 5.66. The van der Waals surface area contributed by atoms with Crippen molar-refractivity contribution in [1.29, 1.82) is 0 Å². The van der Waals surface area contributed by atoms with Crippen molar-refractivity contribution in [3.8, 4) is 0 Å². The minimum atomic E-state index is -0.457. The molecule has 1 unspecified atom stereocenters. The van der Waals surface area contributed by atoms with E-state index in [1.165, 1.54) is 4.90 Å². The van der Waals surface area contributed by atoms with E-state index < -0.39 is 6.04 Å². The van der Waals surface area contributed by atoms with Crippen molar-refractivity contribution in [2.45, 2.75) is 32.4 Å². The highest BCUT2D eigenvalue weighted by atomic mass is 16.2. The first-order valence-electron chi connectivity index (χ1n) is 7.17. The molecule has 21 heavy (non-hydrogen) atoms. The molecule has 0 saturated carbocycles. The van der Waals surface area contributed by atoms with Crippen molar-refractivity contribution in [3.05, 3.63) is 42.5 Å². The lowest BCUT2D eigenvalue weighted by Crippen LogP contribution is -2.39. The summed E-state index contributed by atoms with van der Waals surface area (Å²) in [5.74, 6) is -0.239. The number of carbonyl (C=O) groups excluding carboxylic acids is 2. The molecule has 4 nitrogen and oxygen atoms in total. The highest BCUT2D eigenvalue weighted by Crippen LogP contribution is 2.23. The van der Waals surface area contributed by atoms with Crippen LogP contribution in [0.15, 0.2) is 42.5 Å². The van der Waals surface area contributed by atoms with E-state index in [9.17, 15) is 9.59 Å². The lowest BCUT2D eigenvalue weighted by Gasteiger charge is -2.19. The standard InChI is InChI=1S/C17H18N2O2/c1-11(2)19-16(20)10-15(17(19)21)18-14-8-7-12-5-3-4-6-13(12)9-14/h3-9,11,15,18H,10H2,1-2H3. The number of likely N-dealkylation sites (tertiary alicyclic amines) is 1. The summed E-state index contributed by atoms with van der Waals surface area (Å²) in [6.07, 6.45) is 0.226. The fourth-order valence-corrected chi connectivity index (χ4v) is 2.79. The molecule has 1 aliphatic rings. The van der Waals surface area contributed by atoms with Crippen LogP contribution >= 0.6 is 0 Å². The Bertz CT molecular complexity index is 709. The molecule has 0 aromatic heterocycles. The third-order valence-electron chi connectivity index (χ3n) is 3.79. The minimum Gasteiger partial charge on any atom is -0.373 e. The maximum atomic E-state index is 12.3. The number of amides is 2. The Hall–Kier alpha value is -2.36. The summed E-state index contributed by atoms with van der Waals surface area (Å²) in [5.41, 5.74) is 0.866. The van der Waals surface area contributed by atoms with Gasteiger partial charge in [-0.1, -0.05) is 30.3 Å². The summed E-state index contributed by atoms with van der Waals surface area (Å²) in [7, 11) is 0. The van der Waals surface area contributed by atoms with Crippen molar-refractivity contribution >= 4 is 28.3 Å². The van der Waals surface area contributed by atoms with Gasteiger partial charge in [0, 0.05) is 11.7 Å². The van der Waals surface area contributed by atoms with Crippen LogP contribution in [0.4, 0.5) is 5.69 Å². The maximum absolute atomic E-state index is 12.3. The van der Waals surface area contributed by atoms with Gasteiger partial charge in [-0.25, -0.2) is 0 Å². The molecule has 0 bridgehead atoms. The highest BCUT2D eigenvalue weighted by Gasteiger charge is 2.39. The lowest BCUT2D eigenvalue weighted by molar-refractivity contribution is -0.140. The Morgan fingerprint density at radius 2 is 1.81 bits per heavy atom. The molecule has 1 saturated heterocycles. The van der Waals surface area contributed by atoms with Gasteiger partial charge in [-0.3, -0.25) is 14.5 Å². The van der Waals surface area contributed by atoms with Gasteiger partial charge in [-0.05, 0) is 36.8 Å². The summed E-state index contributed by atoms with van der Waals surface area (Å²) >= 11 is 0. The lowest BCUT2D eigenvalue weighted by atomic mass is 10.1. The number of carbonyl (C=O) groups is 2. The first kappa shape index (κ1) is 13.6. The minimum absolute atomic E-state index is 0.0894. The predicted molar refractivity (Wildman–Crippen MR) is 83.0 cm³/mol. The molecule has 2 aromatic carbocycles. The molecule has 0 radical (unpaired) electrons. The van der Waals surface area contributed by atoms with Crippen LogP contribution in [0.2, 0.25) is 0 Å². The van der Waals surface area contributed by atoms with Crippen LogP contribution in [-0.4, -0.2) is 28.8 Å². The third-order valence-corrected chi connectivity index (χ3v) is 3.79. The molecule has 108 valence electrons. The van der Waals surface area contributed by atoms with Gasteiger partial charge in [0.25, 0.3) is 5.91 Å². The van der Waals surface area contributed by atoms with Crippen LogP contribution in [0.3, 0.4) is 0 Å². The molecule has 0 aliphatic carbocycles. The fraction of sp³-hybridized carbons (Fsp3) is 0.294. The molecule has 1 atom stereocenters. The maximum Gasteiger partial charge on any atom is 0.252 e. The van der Waals surface area contributed by atoms with Gasteiger partial charge < -0.3 is 5.32 Å². The molecule has 1 N–H and O–H groups in total. The second kappa shape index (κ2) is 5.20. The van der Waals surface area contributed by atoms with Gasteiger partial charge in [0.05, 0.1) is 6.42 Å². The predicted octanol–water partition coefficient (Wildman–Crippen LogP) is 2.79. The van der Waals surface area contributed by atoms with E-state index in [2.05, 4.69) is 5.32 Å². The van der Waals surface area contributed by atoms with Gasteiger partial charge in [0.1, 0.15) is 6.04 Å². The molecule has 2 aromatic rings. The summed E-state index contributed by atoms with van der Waals surface area (Å²) < 4.78 is 0. The third kappa shape index (κ3) is 2.49. The summed E-state index contributed by atoms with van der Waals surface area (Å²) in [5, 5.41) is 5.45. The molecule has 2 amide bonds. The molecule has 1 heterocycles. The van der Waals surface area contributed by atoms with E-state index in [1.807, 2.05) is 56.3 Å². The van der Waals surface area contributed by atoms with E-state index >= 15 is 0 Å². The molecule has 1 aliphatic heterocycles. The molecule has 1 fully saturated rings. The smallest absolute Gasteiger partial charge is 0.252 e. The molecule has 3 rings (SSSR count). The Labute approximate surface area is 123 Å². The molecular formula is C17H18N2O2. The number of rotatable bonds is 3. The van der Waals surface area contributed by atoms with E-state index in [1.54, 1.807) is 0 Å². The summed E-state index contributed by atoms with van der Waals surface area (Å²) in [6.45, 7) is 3.71. The molecule has 4 heteroatoms. The largest absolute Gasteiger partial charge is 0.373 e. The van der Waals surface area contributed by atoms with E-state index in [0.29, 0.717) is 0 Å². The molecule has 0 spiro atoms. The van der Waals surface area contributed by atoms with Crippen LogP contribution in [0.25, 0.3) is 10.8 Å². The number of hydrogen-bond acceptors (Lipinski definition) is 3. The summed E-state index contributed by atoms with van der Waals surface area (Å²) in [4.78, 5) is 25.5. The fourth-order valence-electron chi connectivity index (χ4n) is 2.79. The van der Waals surface area contributed by atoms with Crippen molar-refractivity contribution in [3.63, 3.8) is 0 Å². The topological polar surface area (TPSA) is 49.4 Å². The van der Waals surface area contributed by atoms with Crippen LogP contribution in [-0.2, 0) is 9.59 Å². The number of nitrogens with one attached hydrogen (secondary N) is 1. The van der Waals surface area contributed by atoms with Crippen LogP contribution in [0, 0.1) is 0 Å². The van der Waals surface area contributed by atoms with Crippen molar-refractivity contribution < 1.29 is 9.59 Å². The van der Waals surface area contributed by atoms with Gasteiger partial charge in [-0.15, -0.1) is 0 Å². The van der Waals surface area contributed by atoms with Crippen LogP contribution < -0.4 is 5.32 Å². The van der Waals surface area contributed by atoms with Gasteiger partial charge in [0.15, 0.2) is 0 Å². The highest BCUT2D eigenvalue weighted by molar-refractivity contribution is 6.07. The number of benzene rings is 2. The van der Waals surface area contributed by atoms with E-state index in [4.69, 9.17) is 0 Å². The van der Waals surface area contributed by atoms with Crippen LogP contribution in [0.1, 0.15) is 20.3 Å². The van der Waals surface area contributed by atoms with Crippen LogP contribution in [0.5, 0.6) is 0 Å². The Morgan fingerprint density at radius 1 is 1.10 bits per heavy atom. The Kier molecular flexibility index (Phi) is 3.37. The first-order chi connectivity index (χ1) is 10.1.